The van der Waals surface area contributed by atoms with Crippen molar-refractivity contribution in [3.05, 3.63) is 28.7 Å². The van der Waals surface area contributed by atoms with Crippen LogP contribution in [0.4, 0.5) is 0 Å². The SMILES string of the molecule is CC(C)CC(CN)NC(=O)CCCS(=O)c1ccc(Br)cc1.Cl. The summed E-state index contributed by atoms with van der Waals surface area (Å²) in [5, 5.41) is 2.95. The predicted octanol–water partition coefficient (Wildman–Crippen LogP) is 3.25. The number of carbonyl (C=O) groups is 1. The van der Waals surface area contributed by atoms with E-state index in [1.165, 1.54) is 0 Å². The zero-order chi connectivity index (χ0) is 16.5. The molecule has 0 aromatic heterocycles. The fourth-order valence-electron chi connectivity index (χ4n) is 2.15. The molecule has 7 heteroatoms. The Labute approximate surface area is 156 Å². The molecule has 23 heavy (non-hydrogen) atoms. The van der Waals surface area contributed by atoms with E-state index in [0.29, 0.717) is 31.1 Å². The molecule has 2 atom stereocenters. The van der Waals surface area contributed by atoms with Crippen molar-refractivity contribution < 1.29 is 9.00 Å². The Balaban J connectivity index is 0.00000484. The summed E-state index contributed by atoms with van der Waals surface area (Å²) < 4.78 is 13.1. The van der Waals surface area contributed by atoms with E-state index in [-0.39, 0.29) is 24.4 Å². The van der Waals surface area contributed by atoms with Gasteiger partial charge in [0.25, 0.3) is 0 Å². The number of carbonyl (C=O) groups excluding carboxylic acids is 1. The zero-order valence-corrected chi connectivity index (χ0v) is 16.8. The highest BCUT2D eigenvalue weighted by molar-refractivity contribution is 9.10. The van der Waals surface area contributed by atoms with E-state index < -0.39 is 10.8 Å². The van der Waals surface area contributed by atoms with E-state index in [9.17, 15) is 9.00 Å². The van der Waals surface area contributed by atoms with Gasteiger partial charge in [0, 0.05) is 34.1 Å². The van der Waals surface area contributed by atoms with Crippen molar-refractivity contribution in [1.82, 2.24) is 5.32 Å². The van der Waals surface area contributed by atoms with Crippen LogP contribution in [-0.2, 0) is 15.6 Å². The van der Waals surface area contributed by atoms with E-state index >= 15 is 0 Å². The third kappa shape index (κ3) is 9.45. The molecular weight excluding hydrogens is 400 g/mol. The molecule has 0 saturated heterocycles. The number of hydrogen-bond acceptors (Lipinski definition) is 3. The molecule has 0 spiro atoms. The van der Waals surface area contributed by atoms with Crippen LogP contribution in [0, 0.1) is 5.92 Å². The van der Waals surface area contributed by atoms with E-state index in [1.807, 2.05) is 24.3 Å². The smallest absolute Gasteiger partial charge is 0.220 e. The van der Waals surface area contributed by atoms with Crippen LogP contribution in [0.1, 0.15) is 33.1 Å². The van der Waals surface area contributed by atoms with Gasteiger partial charge in [-0.05, 0) is 43.0 Å². The van der Waals surface area contributed by atoms with Gasteiger partial charge in [0.05, 0.1) is 10.8 Å². The normalized spacial score (nSPS) is 13.3. The van der Waals surface area contributed by atoms with E-state index in [1.54, 1.807) is 0 Å². The number of rotatable bonds is 9. The summed E-state index contributed by atoms with van der Waals surface area (Å²) in [4.78, 5) is 12.7. The van der Waals surface area contributed by atoms with Crippen molar-refractivity contribution in [1.29, 1.82) is 0 Å². The fourth-order valence-corrected chi connectivity index (χ4v) is 3.50. The molecule has 2 unspecified atom stereocenters. The van der Waals surface area contributed by atoms with Crippen molar-refractivity contribution in [2.45, 2.75) is 44.0 Å². The van der Waals surface area contributed by atoms with Gasteiger partial charge in [0.15, 0.2) is 0 Å². The molecule has 1 amide bonds. The Morgan fingerprint density at radius 1 is 1.30 bits per heavy atom. The van der Waals surface area contributed by atoms with Gasteiger partial charge in [-0.15, -0.1) is 12.4 Å². The lowest BCUT2D eigenvalue weighted by molar-refractivity contribution is -0.121. The molecule has 1 aromatic rings. The van der Waals surface area contributed by atoms with E-state index in [0.717, 1.165) is 15.8 Å². The van der Waals surface area contributed by atoms with Crippen LogP contribution in [0.3, 0.4) is 0 Å². The lowest BCUT2D eigenvalue weighted by Gasteiger charge is -2.18. The Morgan fingerprint density at radius 3 is 2.43 bits per heavy atom. The highest BCUT2D eigenvalue weighted by atomic mass is 79.9. The maximum atomic E-state index is 12.1. The number of hydrogen-bond donors (Lipinski definition) is 2. The largest absolute Gasteiger partial charge is 0.352 e. The minimum atomic E-state index is -1.06. The number of benzene rings is 1. The molecular formula is C16H26BrClN2O2S. The Hall–Kier alpha value is -0.430. The Morgan fingerprint density at radius 2 is 1.91 bits per heavy atom. The first-order valence-electron chi connectivity index (χ1n) is 7.55. The number of amides is 1. The Bertz CT molecular complexity index is 497. The summed E-state index contributed by atoms with van der Waals surface area (Å²) >= 11 is 3.35. The molecule has 0 heterocycles. The fraction of sp³-hybridized carbons (Fsp3) is 0.562. The molecule has 0 fully saturated rings. The highest BCUT2D eigenvalue weighted by Gasteiger charge is 2.12. The summed E-state index contributed by atoms with van der Waals surface area (Å²) in [5.41, 5.74) is 5.67. The van der Waals surface area contributed by atoms with Crippen molar-refractivity contribution in [3.63, 3.8) is 0 Å². The minimum Gasteiger partial charge on any atom is -0.352 e. The lowest BCUT2D eigenvalue weighted by atomic mass is 10.0. The monoisotopic (exact) mass is 424 g/mol. The van der Waals surface area contributed by atoms with Crippen LogP contribution in [0.5, 0.6) is 0 Å². The quantitative estimate of drug-likeness (QED) is 0.638. The molecule has 1 rings (SSSR count). The van der Waals surface area contributed by atoms with Crippen LogP contribution in [0.25, 0.3) is 0 Å². The average Bonchev–Trinajstić information content (AvgIpc) is 2.46. The molecule has 0 aliphatic rings. The highest BCUT2D eigenvalue weighted by Crippen LogP contribution is 2.14. The minimum absolute atomic E-state index is 0. The third-order valence-electron chi connectivity index (χ3n) is 3.22. The van der Waals surface area contributed by atoms with Crippen LogP contribution < -0.4 is 11.1 Å². The van der Waals surface area contributed by atoms with Crippen molar-refractivity contribution >= 4 is 45.0 Å². The molecule has 1 aromatic carbocycles. The maximum Gasteiger partial charge on any atom is 0.220 e. The van der Waals surface area contributed by atoms with Crippen LogP contribution >= 0.6 is 28.3 Å². The van der Waals surface area contributed by atoms with Gasteiger partial charge in [0.1, 0.15) is 0 Å². The van der Waals surface area contributed by atoms with E-state index in [2.05, 4.69) is 35.1 Å². The predicted molar refractivity (Wildman–Crippen MR) is 102 cm³/mol. The zero-order valence-electron chi connectivity index (χ0n) is 13.6. The lowest BCUT2D eigenvalue weighted by Crippen LogP contribution is -2.41. The Kier molecular flexibility index (Phi) is 11.8. The summed E-state index contributed by atoms with van der Waals surface area (Å²) in [7, 11) is -1.06. The standard InChI is InChI=1S/C16H25BrN2O2S.ClH/c1-12(2)10-14(11-18)19-16(20)4-3-9-22(21)15-7-5-13(17)6-8-15;/h5-8,12,14H,3-4,9-11,18H2,1-2H3,(H,19,20);1H. The molecule has 3 N–H and O–H groups in total. The van der Waals surface area contributed by atoms with Gasteiger partial charge in [-0.1, -0.05) is 29.8 Å². The maximum absolute atomic E-state index is 12.1. The van der Waals surface area contributed by atoms with Gasteiger partial charge in [-0.2, -0.15) is 0 Å². The second-order valence-corrected chi connectivity index (χ2v) is 8.22. The first-order valence-corrected chi connectivity index (χ1v) is 9.67. The van der Waals surface area contributed by atoms with Crippen LogP contribution in [0.15, 0.2) is 33.6 Å². The van der Waals surface area contributed by atoms with Crippen molar-refractivity contribution in [3.8, 4) is 0 Å². The molecule has 4 nitrogen and oxygen atoms in total. The summed E-state index contributed by atoms with van der Waals surface area (Å²) in [6.45, 7) is 4.67. The second kappa shape index (κ2) is 12.0. The second-order valence-electron chi connectivity index (χ2n) is 5.74. The summed E-state index contributed by atoms with van der Waals surface area (Å²) in [5.74, 6) is 0.981. The summed E-state index contributed by atoms with van der Waals surface area (Å²) in [6.07, 6.45) is 1.87. The first-order chi connectivity index (χ1) is 10.4. The summed E-state index contributed by atoms with van der Waals surface area (Å²) in [6, 6.07) is 7.46. The molecule has 0 saturated carbocycles. The third-order valence-corrected chi connectivity index (χ3v) is 5.20. The average molecular weight is 426 g/mol. The van der Waals surface area contributed by atoms with E-state index in [4.69, 9.17) is 5.73 Å². The molecule has 0 aliphatic heterocycles. The molecule has 0 aliphatic carbocycles. The topological polar surface area (TPSA) is 72.2 Å². The van der Waals surface area contributed by atoms with Gasteiger partial charge in [0.2, 0.25) is 5.91 Å². The van der Waals surface area contributed by atoms with Crippen LogP contribution in [-0.4, -0.2) is 28.5 Å². The number of halogens is 2. The number of nitrogens with two attached hydrogens (primary N) is 1. The molecule has 0 bridgehead atoms. The van der Waals surface area contributed by atoms with Gasteiger partial charge >= 0.3 is 0 Å². The molecule has 132 valence electrons. The van der Waals surface area contributed by atoms with Gasteiger partial charge in [-0.25, -0.2) is 0 Å². The number of nitrogens with one attached hydrogen (secondary N) is 1. The van der Waals surface area contributed by atoms with Crippen LogP contribution in [0.2, 0.25) is 0 Å². The van der Waals surface area contributed by atoms with Gasteiger partial charge in [-0.3, -0.25) is 9.00 Å². The van der Waals surface area contributed by atoms with Crippen molar-refractivity contribution in [2.75, 3.05) is 12.3 Å². The van der Waals surface area contributed by atoms with Crippen molar-refractivity contribution in [2.24, 2.45) is 11.7 Å². The molecule has 0 radical (unpaired) electrons. The van der Waals surface area contributed by atoms with Gasteiger partial charge < -0.3 is 11.1 Å². The first kappa shape index (κ1) is 22.6.